The van der Waals surface area contributed by atoms with Gasteiger partial charge in [-0.25, -0.2) is 0 Å². The highest BCUT2D eigenvalue weighted by molar-refractivity contribution is 5.66. The molecule has 1 N–H and O–H groups in total. The summed E-state index contributed by atoms with van der Waals surface area (Å²) in [6.07, 6.45) is 17.1. The highest BCUT2D eigenvalue weighted by Crippen LogP contribution is 2.45. The molecule has 0 spiro atoms. The van der Waals surface area contributed by atoms with Crippen molar-refractivity contribution in [2.24, 2.45) is 11.8 Å². The molecule has 0 aromatic heterocycles. The molecule has 5 rings (SSSR count). The van der Waals surface area contributed by atoms with Gasteiger partial charge in [0.15, 0.2) is 18.4 Å². The third-order valence-corrected chi connectivity index (χ3v) is 9.54. The predicted octanol–water partition coefficient (Wildman–Crippen LogP) is 6.80. The highest BCUT2D eigenvalue weighted by atomic mass is 16.7. The zero-order chi connectivity index (χ0) is 29.7. The van der Waals surface area contributed by atoms with Crippen LogP contribution in [-0.4, -0.2) is 68.1 Å². The van der Waals surface area contributed by atoms with Gasteiger partial charge in [-0.1, -0.05) is 42.5 Å². The van der Waals surface area contributed by atoms with Crippen molar-refractivity contribution in [1.82, 2.24) is 0 Å². The van der Waals surface area contributed by atoms with Crippen molar-refractivity contribution in [2.45, 2.75) is 127 Å². The van der Waals surface area contributed by atoms with E-state index in [-0.39, 0.29) is 43.0 Å². The Labute approximate surface area is 257 Å². The summed E-state index contributed by atoms with van der Waals surface area (Å²) in [5.74, 6) is -0.816. The Morgan fingerprint density at radius 1 is 0.860 bits per heavy atom. The van der Waals surface area contributed by atoms with E-state index < -0.39 is 11.8 Å². The molecule has 1 aromatic carbocycles. The molecule has 8 nitrogen and oxygen atoms in total. The van der Waals surface area contributed by atoms with E-state index >= 15 is 0 Å². The lowest BCUT2D eigenvalue weighted by Crippen LogP contribution is -2.35. The number of carbonyl (C=O) groups is 1. The summed E-state index contributed by atoms with van der Waals surface area (Å²) < 4.78 is 38.2. The van der Waals surface area contributed by atoms with Crippen LogP contribution in [0.4, 0.5) is 0 Å². The summed E-state index contributed by atoms with van der Waals surface area (Å²) in [5.41, 5.74) is 1.30. The molecule has 0 amide bonds. The van der Waals surface area contributed by atoms with Gasteiger partial charge in [0.1, 0.15) is 0 Å². The molecule has 8 heteroatoms. The Morgan fingerprint density at radius 2 is 1.53 bits per heavy atom. The maximum absolute atomic E-state index is 11.0. The van der Waals surface area contributed by atoms with Crippen LogP contribution >= 0.6 is 0 Å². The smallest absolute Gasteiger partial charge is 0.303 e. The Hall–Kier alpha value is -1.81. The van der Waals surface area contributed by atoms with Crippen molar-refractivity contribution in [3.05, 3.63) is 48.0 Å². The van der Waals surface area contributed by atoms with E-state index in [9.17, 15) is 4.79 Å². The lowest BCUT2D eigenvalue weighted by atomic mass is 9.84. The van der Waals surface area contributed by atoms with Crippen LogP contribution in [0.2, 0.25) is 0 Å². The van der Waals surface area contributed by atoms with Crippen molar-refractivity contribution >= 4 is 5.97 Å². The molecule has 240 valence electrons. The first-order valence-corrected chi connectivity index (χ1v) is 16.8. The van der Waals surface area contributed by atoms with Gasteiger partial charge in [-0.05, 0) is 88.0 Å². The molecule has 3 saturated heterocycles. The molecule has 0 bridgehead atoms. The summed E-state index contributed by atoms with van der Waals surface area (Å²) in [6, 6.07) is 10.6. The van der Waals surface area contributed by atoms with Gasteiger partial charge in [0.2, 0.25) is 0 Å². The van der Waals surface area contributed by atoms with E-state index in [4.69, 9.17) is 33.5 Å². The van der Waals surface area contributed by atoms with Crippen molar-refractivity contribution in [3.63, 3.8) is 0 Å². The van der Waals surface area contributed by atoms with E-state index in [0.717, 1.165) is 96.7 Å². The summed E-state index contributed by atoms with van der Waals surface area (Å²) in [5, 5.41) is 9.01. The number of benzene rings is 1. The molecule has 4 aliphatic rings. The van der Waals surface area contributed by atoms with Crippen molar-refractivity contribution < 1.29 is 38.3 Å². The van der Waals surface area contributed by atoms with E-state index in [2.05, 4.69) is 42.5 Å². The average molecular weight is 601 g/mol. The summed E-state index contributed by atoms with van der Waals surface area (Å²) in [4.78, 5) is 11.0. The number of carboxylic acids is 1. The zero-order valence-corrected chi connectivity index (χ0v) is 25.7. The number of unbranched alkanes of at least 4 members (excludes halogenated alkanes) is 1. The quantitative estimate of drug-likeness (QED) is 0.164. The minimum atomic E-state index is -0.743. The second-order valence-electron chi connectivity index (χ2n) is 12.6. The Bertz CT molecular complexity index is 965. The average Bonchev–Trinajstić information content (AvgIpc) is 3.63. The number of aryl methyl sites for hydroxylation is 1. The van der Waals surface area contributed by atoms with Gasteiger partial charge in [0.25, 0.3) is 0 Å². The minimum Gasteiger partial charge on any atom is -0.481 e. The molecule has 1 aliphatic carbocycles. The number of carboxylic acid groups (broad SMARTS) is 1. The lowest BCUT2D eigenvalue weighted by Gasteiger charge is -2.34. The van der Waals surface area contributed by atoms with E-state index in [1.54, 1.807) is 0 Å². The normalized spacial score (nSPS) is 31.1. The number of hydrogen-bond acceptors (Lipinski definition) is 7. The van der Waals surface area contributed by atoms with Crippen LogP contribution in [-0.2, 0) is 39.6 Å². The SMILES string of the molecule is O=C(O)CCC/C=C\C[C@@H]1[C@@H](CCC2(CCc3ccccc3)OCCO2)[C@H](OC2CCCCO2)C[C@@H]1OC1CCCCO1. The summed E-state index contributed by atoms with van der Waals surface area (Å²) in [7, 11) is 0. The van der Waals surface area contributed by atoms with E-state index in [1.165, 1.54) is 5.56 Å². The third-order valence-electron chi connectivity index (χ3n) is 9.54. The maximum Gasteiger partial charge on any atom is 0.303 e. The highest BCUT2D eigenvalue weighted by Gasteiger charge is 2.47. The molecule has 2 unspecified atom stereocenters. The molecule has 3 heterocycles. The standard InChI is InChI=1S/C35H52O8/c36-32(37)15-7-2-1-6-14-28-29(19-21-35(40-24-25-41-35)20-18-27-12-4-3-5-13-27)31(43-34-17-9-11-23-39-34)26-30(28)42-33-16-8-10-22-38-33/h1,3-6,12-13,28-31,33-34H,2,7-11,14-26H2,(H,36,37)/b6-1-/t28-,29-,30+,31-,33?,34?/m1/s1. The second kappa shape index (κ2) is 17.0. The Morgan fingerprint density at radius 3 is 2.16 bits per heavy atom. The van der Waals surface area contributed by atoms with Gasteiger partial charge in [0, 0.05) is 38.9 Å². The first-order valence-electron chi connectivity index (χ1n) is 16.8. The molecule has 3 aliphatic heterocycles. The Balaban J connectivity index is 1.30. The van der Waals surface area contributed by atoms with Gasteiger partial charge in [0.05, 0.1) is 25.4 Å². The summed E-state index contributed by atoms with van der Waals surface area (Å²) in [6.45, 7) is 2.76. The first kappa shape index (κ1) is 32.6. The van der Waals surface area contributed by atoms with Crippen LogP contribution < -0.4 is 0 Å². The van der Waals surface area contributed by atoms with Gasteiger partial charge < -0.3 is 33.5 Å². The third kappa shape index (κ3) is 10.1. The molecular formula is C35H52O8. The lowest BCUT2D eigenvalue weighted by molar-refractivity contribution is -0.205. The van der Waals surface area contributed by atoms with Crippen molar-refractivity contribution in [1.29, 1.82) is 0 Å². The number of rotatable bonds is 16. The zero-order valence-electron chi connectivity index (χ0n) is 25.7. The van der Waals surface area contributed by atoms with Gasteiger partial charge in [-0.2, -0.15) is 0 Å². The van der Waals surface area contributed by atoms with E-state index in [1.807, 2.05) is 0 Å². The number of allylic oxidation sites excluding steroid dienone is 2. The minimum absolute atomic E-state index is 0.0228. The first-order chi connectivity index (χ1) is 21.1. The maximum atomic E-state index is 11.0. The van der Waals surface area contributed by atoms with Crippen molar-refractivity contribution in [3.8, 4) is 0 Å². The predicted molar refractivity (Wildman–Crippen MR) is 162 cm³/mol. The fourth-order valence-corrected chi connectivity index (χ4v) is 7.22. The van der Waals surface area contributed by atoms with Crippen LogP contribution in [0.15, 0.2) is 42.5 Å². The molecule has 4 fully saturated rings. The molecule has 0 radical (unpaired) electrons. The van der Waals surface area contributed by atoms with Gasteiger partial charge in [-0.15, -0.1) is 0 Å². The van der Waals surface area contributed by atoms with Crippen LogP contribution in [0.25, 0.3) is 0 Å². The monoisotopic (exact) mass is 600 g/mol. The fourth-order valence-electron chi connectivity index (χ4n) is 7.22. The second-order valence-corrected chi connectivity index (χ2v) is 12.6. The van der Waals surface area contributed by atoms with E-state index in [0.29, 0.717) is 19.6 Å². The van der Waals surface area contributed by atoms with Crippen LogP contribution in [0.1, 0.15) is 95.5 Å². The molecular weight excluding hydrogens is 548 g/mol. The topological polar surface area (TPSA) is 92.7 Å². The van der Waals surface area contributed by atoms with Crippen LogP contribution in [0, 0.1) is 11.8 Å². The number of ether oxygens (including phenoxy) is 6. The van der Waals surface area contributed by atoms with Crippen molar-refractivity contribution in [2.75, 3.05) is 26.4 Å². The molecule has 43 heavy (non-hydrogen) atoms. The molecule has 1 saturated carbocycles. The Kier molecular flexibility index (Phi) is 12.9. The van der Waals surface area contributed by atoms with Gasteiger partial charge >= 0.3 is 5.97 Å². The summed E-state index contributed by atoms with van der Waals surface area (Å²) >= 11 is 0. The largest absolute Gasteiger partial charge is 0.481 e. The fraction of sp³-hybridized carbons (Fsp3) is 0.743. The molecule has 6 atom stereocenters. The number of hydrogen-bond donors (Lipinski definition) is 1. The molecule has 1 aromatic rings. The van der Waals surface area contributed by atoms with Crippen LogP contribution in [0.3, 0.4) is 0 Å². The van der Waals surface area contributed by atoms with Gasteiger partial charge in [-0.3, -0.25) is 4.79 Å². The van der Waals surface area contributed by atoms with Crippen LogP contribution in [0.5, 0.6) is 0 Å². The number of aliphatic carboxylic acids is 1.